The molecule has 0 aliphatic heterocycles. The lowest BCUT2D eigenvalue weighted by atomic mass is 10.1. The van der Waals surface area contributed by atoms with Crippen LogP contribution in [-0.2, 0) is 11.4 Å². The molecule has 31 heavy (non-hydrogen) atoms. The SMILES string of the molecule is CCOc1cc(/C=C(/C#N)C(=O)NC2CCCC2)cc(Br)c1OCc1ccc(F)cc1. The number of carbonyl (C=O) groups is 1. The largest absolute Gasteiger partial charge is 0.490 e. The molecule has 0 saturated heterocycles. The number of benzene rings is 2. The van der Waals surface area contributed by atoms with Crippen LogP contribution in [0.25, 0.3) is 6.08 Å². The average molecular weight is 487 g/mol. The van der Waals surface area contributed by atoms with Crippen molar-refractivity contribution in [2.45, 2.75) is 45.3 Å². The zero-order chi connectivity index (χ0) is 22.2. The lowest BCUT2D eigenvalue weighted by Gasteiger charge is -2.15. The van der Waals surface area contributed by atoms with Crippen molar-refractivity contribution in [2.24, 2.45) is 0 Å². The van der Waals surface area contributed by atoms with Gasteiger partial charge < -0.3 is 14.8 Å². The van der Waals surface area contributed by atoms with Crippen LogP contribution in [0.1, 0.15) is 43.7 Å². The number of hydrogen-bond donors (Lipinski definition) is 1. The number of halogens is 2. The van der Waals surface area contributed by atoms with E-state index in [0.717, 1.165) is 31.2 Å². The average Bonchev–Trinajstić information content (AvgIpc) is 3.26. The number of nitriles is 1. The van der Waals surface area contributed by atoms with Crippen molar-refractivity contribution in [3.8, 4) is 17.6 Å². The Morgan fingerprint density at radius 1 is 1.26 bits per heavy atom. The predicted molar refractivity (Wildman–Crippen MR) is 120 cm³/mol. The molecule has 0 radical (unpaired) electrons. The van der Waals surface area contributed by atoms with E-state index in [0.29, 0.717) is 28.1 Å². The predicted octanol–water partition coefficient (Wildman–Crippen LogP) is 5.53. The standard InChI is InChI=1S/C24H24BrFN2O3/c1-2-30-22-13-17(11-18(14-27)24(29)28-20-5-3-4-6-20)12-21(25)23(22)31-15-16-7-9-19(26)10-8-16/h7-13,20H,2-6,15H2,1H3,(H,28,29)/b18-11-. The molecule has 162 valence electrons. The van der Waals surface area contributed by atoms with Gasteiger partial charge in [-0.3, -0.25) is 4.79 Å². The van der Waals surface area contributed by atoms with Crippen LogP contribution in [0.2, 0.25) is 0 Å². The van der Waals surface area contributed by atoms with Gasteiger partial charge in [0.2, 0.25) is 0 Å². The third-order valence-corrected chi connectivity index (χ3v) is 5.58. The summed E-state index contributed by atoms with van der Waals surface area (Å²) >= 11 is 3.50. The molecule has 1 fully saturated rings. The zero-order valence-corrected chi connectivity index (χ0v) is 18.9. The van der Waals surface area contributed by atoms with Gasteiger partial charge in [-0.05, 0) is 77.2 Å². The van der Waals surface area contributed by atoms with Gasteiger partial charge in [0.25, 0.3) is 5.91 Å². The highest BCUT2D eigenvalue weighted by molar-refractivity contribution is 9.10. The van der Waals surface area contributed by atoms with Crippen molar-refractivity contribution in [2.75, 3.05) is 6.61 Å². The summed E-state index contributed by atoms with van der Waals surface area (Å²) in [5.74, 6) is 0.317. The Kier molecular flexibility index (Phi) is 8.07. The quantitative estimate of drug-likeness (QED) is 0.393. The molecular formula is C24H24BrFN2O3. The molecule has 1 amide bonds. The molecule has 0 heterocycles. The summed E-state index contributed by atoms with van der Waals surface area (Å²) in [4.78, 5) is 12.5. The second-order valence-corrected chi connectivity index (χ2v) is 8.16. The number of ether oxygens (including phenoxy) is 2. The first-order valence-corrected chi connectivity index (χ1v) is 11.1. The van der Waals surface area contributed by atoms with E-state index in [4.69, 9.17) is 9.47 Å². The number of nitrogens with one attached hydrogen (secondary N) is 1. The third kappa shape index (κ3) is 6.31. The molecule has 0 aromatic heterocycles. The van der Waals surface area contributed by atoms with Crippen molar-refractivity contribution in [3.05, 3.63) is 63.4 Å². The van der Waals surface area contributed by atoms with E-state index in [1.807, 2.05) is 13.0 Å². The van der Waals surface area contributed by atoms with Crippen LogP contribution in [-0.4, -0.2) is 18.6 Å². The number of rotatable bonds is 8. The molecule has 0 bridgehead atoms. The lowest BCUT2D eigenvalue weighted by Crippen LogP contribution is -2.33. The van der Waals surface area contributed by atoms with Gasteiger partial charge in [-0.1, -0.05) is 25.0 Å². The fraction of sp³-hybridized carbons (Fsp3) is 0.333. The van der Waals surface area contributed by atoms with E-state index in [9.17, 15) is 14.4 Å². The summed E-state index contributed by atoms with van der Waals surface area (Å²) in [7, 11) is 0. The van der Waals surface area contributed by atoms with Gasteiger partial charge in [0.15, 0.2) is 11.5 Å². The summed E-state index contributed by atoms with van der Waals surface area (Å²) < 4.78 is 25.4. The maximum atomic E-state index is 13.1. The van der Waals surface area contributed by atoms with Gasteiger partial charge in [0.05, 0.1) is 11.1 Å². The molecule has 2 aromatic carbocycles. The van der Waals surface area contributed by atoms with E-state index in [1.54, 1.807) is 30.3 Å². The molecule has 1 aliphatic rings. The van der Waals surface area contributed by atoms with Gasteiger partial charge in [-0.2, -0.15) is 5.26 Å². The van der Waals surface area contributed by atoms with Gasteiger partial charge >= 0.3 is 0 Å². The summed E-state index contributed by atoms with van der Waals surface area (Å²) in [6.45, 7) is 2.51. The van der Waals surface area contributed by atoms with Crippen molar-refractivity contribution in [3.63, 3.8) is 0 Å². The van der Waals surface area contributed by atoms with E-state index < -0.39 is 0 Å². The van der Waals surface area contributed by atoms with E-state index in [-0.39, 0.29) is 29.9 Å². The maximum Gasteiger partial charge on any atom is 0.262 e. The molecule has 1 aliphatic carbocycles. The molecule has 0 spiro atoms. The fourth-order valence-corrected chi connectivity index (χ4v) is 4.03. The van der Waals surface area contributed by atoms with Crippen LogP contribution in [0.4, 0.5) is 4.39 Å². The summed E-state index contributed by atoms with van der Waals surface area (Å²) in [5.41, 5.74) is 1.50. The first-order valence-electron chi connectivity index (χ1n) is 10.3. The van der Waals surface area contributed by atoms with Gasteiger partial charge in [-0.25, -0.2) is 4.39 Å². The van der Waals surface area contributed by atoms with Crippen molar-refractivity contribution < 1.29 is 18.7 Å². The Bertz CT molecular complexity index is 993. The van der Waals surface area contributed by atoms with Crippen LogP contribution >= 0.6 is 15.9 Å². The van der Waals surface area contributed by atoms with Gasteiger partial charge in [0.1, 0.15) is 24.1 Å². The molecule has 0 unspecified atom stereocenters. The number of hydrogen-bond acceptors (Lipinski definition) is 4. The Morgan fingerprint density at radius 3 is 2.61 bits per heavy atom. The highest BCUT2D eigenvalue weighted by Gasteiger charge is 2.20. The second-order valence-electron chi connectivity index (χ2n) is 7.30. The van der Waals surface area contributed by atoms with E-state index >= 15 is 0 Å². The lowest BCUT2D eigenvalue weighted by molar-refractivity contribution is -0.117. The number of carbonyl (C=O) groups excluding carboxylic acids is 1. The molecular weight excluding hydrogens is 463 g/mol. The molecule has 1 saturated carbocycles. The van der Waals surface area contributed by atoms with Gasteiger partial charge in [-0.15, -0.1) is 0 Å². The van der Waals surface area contributed by atoms with E-state index in [2.05, 4.69) is 21.2 Å². The Labute approximate surface area is 190 Å². The molecule has 3 rings (SSSR count). The maximum absolute atomic E-state index is 13.1. The third-order valence-electron chi connectivity index (χ3n) is 4.99. The number of nitrogens with zero attached hydrogens (tertiary/aromatic N) is 1. The smallest absolute Gasteiger partial charge is 0.262 e. The van der Waals surface area contributed by atoms with Crippen LogP contribution in [0, 0.1) is 17.1 Å². The minimum absolute atomic E-state index is 0.0428. The fourth-order valence-electron chi connectivity index (χ4n) is 3.46. The Morgan fingerprint density at radius 2 is 1.97 bits per heavy atom. The Balaban J connectivity index is 1.80. The number of amides is 1. The van der Waals surface area contributed by atoms with Crippen LogP contribution in [0.3, 0.4) is 0 Å². The van der Waals surface area contributed by atoms with E-state index in [1.165, 1.54) is 12.1 Å². The molecule has 0 atom stereocenters. The van der Waals surface area contributed by atoms with Gasteiger partial charge in [0, 0.05) is 6.04 Å². The first-order chi connectivity index (χ1) is 15.0. The van der Waals surface area contributed by atoms with Crippen molar-refractivity contribution in [1.82, 2.24) is 5.32 Å². The highest BCUT2D eigenvalue weighted by Crippen LogP contribution is 2.38. The summed E-state index contributed by atoms with van der Waals surface area (Å²) in [6, 6.07) is 11.7. The second kappa shape index (κ2) is 11.0. The Hall–Kier alpha value is -2.85. The first kappa shape index (κ1) is 22.8. The van der Waals surface area contributed by atoms with Crippen LogP contribution in [0.5, 0.6) is 11.5 Å². The topological polar surface area (TPSA) is 71.3 Å². The minimum Gasteiger partial charge on any atom is -0.490 e. The summed E-state index contributed by atoms with van der Waals surface area (Å²) in [5, 5.41) is 12.4. The highest BCUT2D eigenvalue weighted by atomic mass is 79.9. The minimum atomic E-state index is -0.361. The summed E-state index contributed by atoms with van der Waals surface area (Å²) in [6.07, 6.45) is 5.64. The molecule has 2 aromatic rings. The molecule has 1 N–H and O–H groups in total. The van der Waals surface area contributed by atoms with Crippen LogP contribution in [0.15, 0.2) is 46.4 Å². The monoisotopic (exact) mass is 486 g/mol. The van der Waals surface area contributed by atoms with Crippen molar-refractivity contribution >= 4 is 27.9 Å². The molecule has 5 nitrogen and oxygen atoms in total. The van der Waals surface area contributed by atoms with Crippen LogP contribution < -0.4 is 14.8 Å². The van der Waals surface area contributed by atoms with Crippen molar-refractivity contribution in [1.29, 1.82) is 5.26 Å². The molecule has 7 heteroatoms. The zero-order valence-electron chi connectivity index (χ0n) is 17.3. The normalized spacial score (nSPS) is 14.2.